The van der Waals surface area contributed by atoms with E-state index in [-0.39, 0.29) is 5.96 Å². The highest BCUT2D eigenvalue weighted by molar-refractivity contribution is 5.77. The average molecular weight is 182 g/mol. The molecule has 13 heavy (non-hydrogen) atoms. The van der Waals surface area contributed by atoms with E-state index in [1.165, 1.54) is 0 Å². The number of guanidine groups is 1. The van der Waals surface area contributed by atoms with E-state index in [0.29, 0.717) is 6.54 Å². The minimum atomic E-state index is 0.245. The van der Waals surface area contributed by atoms with Crippen LogP contribution in [0.15, 0.2) is 17.4 Å². The fraction of sp³-hybridized carbons (Fsp3) is 0.429. The van der Waals surface area contributed by atoms with Crippen LogP contribution in [0.1, 0.15) is 5.82 Å². The Labute approximate surface area is 76.6 Å². The van der Waals surface area contributed by atoms with E-state index in [1.807, 2.05) is 17.8 Å². The summed E-state index contributed by atoms with van der Waals surface area (Å²) < 4.78 is 1.95. The van der Waals surface area contributed by atoms with Crippen LogP contribution < -0.4 is 17.0 Å². The molecule has 1 rings (SSSR count). The summed E-state index contributed by atoms with van der Waals surface area (Å²) in [6.45, 7) is 0.584. The van der Waals surface area contributed by atoms with Gasteiger partial charge in [-0.25, -0.2) is 10.8 Å². The van der Waals surface area contributed by atoms with Crippen molar-refractivity contribution in [3.05, 3.63) is 18.2 Å². The predicted octanol–water partition coefficient (Wildman–Crippen LogP) is -1.26. The molecule has 0 aliphatic rings. The van der Waals surface area contributed by atoms with Crippen molar-refractivity contribution in [1.29, 1.82) is 0 Å². The summed E-state index contributed by atoms with van der Waals surface area (Å²) in [6, 6.07) is 0. The summed E-state index contributed by atoms with van der Waals surface area (Å²) >= 11 is 0. The Kier molecular flexibility index (Phi) is 3.27. The van der Waals surface area contributed by atoms with Gasteiger partial charge in [-0.05, 0) is 0 Å². The normalized spacial score (nSPS) is 11.7. The lowest BCUT2D eigenvalue weighted by Gasteiger charge is -1.99. The van der Waals surface area contributed by atoms with E-state index in [4.69, 9.17) is 11.6 Å². The average Bonchev–Trinajstić information content (AvgIpc) is 2.52. The van der Waals surface area contributed by atoms with Crippen LogP contribution in [0.5, 0.6) is 0 Å². The summed E-state index contributed by atoms with van der Waals surface area (Å²) in [4.78, 5) is 8.10. The van der Waals surface area contributed by atoms with Crippen LogP contribution in [0.4, 0.5) is 0 Å². The molecule has 6 heteroatoms. The summed E-state index contributed by atoms with van der Waals surface area (Å²) in [7, 11) is 1.94. The van der Waals surface area contributed by atoms with Gasteiger partial charge < -0.3 is 10.3 Å². The van der Waals surface area contributed by atoms with E-state index >= 15 is 0 Å². The van der Waals surface area contributed by atoms with Crippen molar-refractivity contribution in [3.8, 4) is 0 Å². The molecule has 0 radical (unpaired) electrons. The molecule has 0 aliphatic carbocycles. The highest BCUT2D eigenvalue weighted by Crippen LogP contribution is 1.94. The third kappa shape index (κ3) is 2.75. The van der Waals surface area contributed by atoms with E-state index in [0.717, 1.165) is 12.2 Å². The maximum Gasteiger partial charge on any atom is 0.203 e. The standard InChI is InChI=1S/C7H14N6/c1-13-5-4-10-6(13)2-3-11-7(8)12-9/h4-5H,2-3,9H2,1H3,(H3,8,11,12). The van der Waals surface area contributed by atoms with Crippen LogP contribution >= 0.6 is 0 Å². The Bertz CT molecular complexity index is 289. The fourth-order valence-electron chi connectivity index (χ4n) is 0.959. The van der Waals surface area contributed by atoms with Crippen LogP contribution in [0, 0.1) is 0 Å². The molecule has 5 N–H and O–H groups in total. The fourth-order valence-corrected chi connectivity index (χ4v) is 0.959. The number of nitrogens with zero attached hydrogens (tertiary/aromatic N) is 3. The number of aliphatic imine (C=N–C) groups is 1. The van der Waals surface area contributed by atoms with Crippen LogP contribution in [0.2, 0.25) is 0 Å². The van der Waals surface area contributed by atoms with Crippen molar-refractivity contribution >= 4 is 5.96 Å². The van der Waals surface area contributed by atoms with Crippen LogP contribution in [-0.2, 0) is 13.5 Å². The van der Waals surface area contributed by atoms with E-state index < -0.39 is 0 Å². The molecule has 0 atom stereocenters. The van der Waals surface area contributed by atoms with Gasteiger partial charge in [0.2, 0.25) is 5.96 Å². The highest BCUT2D eigenvalue weighted by Gasteiger charge is 1.97. The van der Waals surface area contributed by atoms with Gasteiger partial charge in [0.05, 0.1) is 0 Å². The Hall–Kier alpha value is -1.56. The number of hydrogen-bond donors (Lipinski definition) is 3. The van der Waals surface area contributed by atoms with Gasteiger partial charge in [-0.1, -0.05) is 0 Å². The minimum absolute atomic E-state index is 0.245. The molecular weight excluding hydrogens is 168 g/mol. The maximum absolute atomic E-state index is 5.34. The summed E-state index contributed by atoms with van der Waals surface area (Å²) in [5.74, 6) is 6.26. The van der Waals surface area contributed by atoms with Gasteiger partial charge in [-0.2, -0.15) is 0 Å². The van der Waals surface area contributed by atoms with Crippen molar-refractivity contribution in [2.24, 2.45) is 23.6 Å². The molecule has 0 aliphatic heterocycles. The van der Waals surface area contributed by atoms with E-state index in [9.17, 15) is 0 Å². The number of hydrazine groups is 1. The minimum Gasteiger partial charge on any atom is -0.369 e. The number of nitrogens with two attached hydrogens (primary N) is 2. The lowest BCUT2D eigenvalue weighted by molar-refractivity contribution is 0.774. The second kappa shape index (κ2) is 4.46. The molecule has 6 nitrogen and oxygen atoms in total. The molecule has 0 fully saturated rings. The van der Waals surface area contributed by atoms with Gasteiger partial charge in [0.15, 0.2) is 0 Å². The molecular formula is C7H14N6. The van der Waals surface area contributed by atoms with Crippen LogP contribution in [-0.4, -0.2) is 22.1 Å². The number of hydrogen-bond acceptors (Lipinski definition) is 3. The van der Waals surface area contributed by atoms with E-state index in [1.54, 1.807) is 6.20 Å². The Morgan fingerprint density at radius 2 is 2.54 bits per heavy atom. The number of imidazole rings is 1. The summed E-state index contributed by atoms with van der Waals surface area (Å²) in [6.07, 6.45) is 4.40. The van der Waals surface area contributed by atoms with Crippen molar-refractivity contribution in [1.82, 2.24) is 15.0 Å². The third-order valence-corrected chi connectivity index (χ3v) is 1.69. The SMILES string of the molecule is Cn1ccnc1CCN=C(N)NN. The number of nitrogens with one attached hydrogen (secondary N) is 1. The first-order valence-electron chi connectivity index (χ1n) is 3.96. The molecule has 0 unspecified atom stereocenters. The Morgan fingerprint density at radius 3 is 3.08 bits per heavy atom. The first kappa shape index (κ1) is 9.53. The van der Waals surface area contributed by atoms with Gasteiger partial charge in [0, 0.05) is 32.4 Å². The van der Waals surface area contributed by atoms with Gasteiger partial charge in [-0.15, -0.1) is 0 Å². The smallest absolute Gasteiger partial charge is 0.203 e. The number of rotatable bonds is 3. The molecule has 0 amide bonds. The second-order valence-electron chi connectivity index (χ2n) is 2.62. The lowest BCUT2D eigenvalue weighted by atomic mass is 10.4. The summed E-state index contributed by atoms with van der Waals surface area (Å²) in [5.41, 5.74) is 7.60. The quantitative estimate of drug-likeness (QED) is 0.235. The topological polar surface area (TPSA) is 94.2 Å². The molecule has 0 bridgehead atoms. The third-order valence-electron chi connectivity index (χ3n) is 1.69. The van der Waals surface area contributed by atoms with Crippen LogP contribution in [0.3, 0.4) is 0 Å². The van der Waals surface area contributed by atoms with Crippen LogP contribution in [0.25, 0.3) is 0 Å². The largest absolute Gasteiger partial charge is 0.369 e. The predicted molar refractivity (Wildman–Crippen MR) is 50.7 cm³/mol. The molecule has 1 aromatic rings. The second-order valence-corrected chi connectivity index (χ2v) is 2.62. The molecule has 1 heterocycles. The van der Waals surface area contributed by atoms with Crippen molar-refractivity contribution in [2.45, 2.75) is 6.42 Å². The molecule has 0 aromatic carbocycles. The molecule has 1 aromatic heterocycles. The van der Waals surface area contributed by atoms with Crippen molar-refractivity contribution in [2.75, 3.05) is 6.54 Å². The Balaban J connectivity index is 2.40. The molecule has 72 valence electrons. The monoisotopic (exact) mass is 182 g/mol. The van der Waals surface area contributed by atoms with Gasteiger partial charge in [0.1, 0.15) is 5.82 Å². The van der Waals surface area contributed by atoms with Crippen molar-refractivity contribution < 1.29 is 0 Å². The Morgan fingerprint density at radius 1 is 1.77 bits per heavy atom. The zero-order valence-electron chi connectivity index (χ0n) is 7.57. The highest BCUT2D eigenvalue weighted by atomic mass is 15.3. The van der Waals surface area contributed by atoms with Gasteiger partial charge in [-0.3, -0.25) is 10.4 Å². The van der Waals surface area contributed by atoms with Gasteiger partial charge in [0.25, 0.3) is 0 Å². The van der Waals surface area contributed by atoms with E-state index in [2.05, 4.69) is 15.4 Å². The molecule has 0 spiro atoms. The first-order chi connectivity index (χ1) is 6.24. The summed E-state index contributed by atoms with van der Waals surface area (Å²) in [5, 5.41) is 0. The molecule has 0 saturated carbocycles. The first-order valence-corrected chi connectivity index (χ1v) is 3.96. The lowest BCUT2D eigenvalue weighted by Crippen LogP contribution is -2.37. The maximum atomic E-state index is 5.34. The zero-order valence-corrected chi connectivity index (χ0v) is 7.57. The molecule has 0 saturated heterocycles. The zero-order chi connectivity index (χ0) is 9.68. The number of aromatic nitrogens is 2. The number of aryl methyl sites for hydroxylation is 1. The van der Waals surface area contributed by atoms with Crippen molar-refractivity contribution in [3.63, 3.8) is 0 Å². The van der Waals surface area contributed by atoms with Gasteiger partial charge >= 0.3 is 0 Å².